The van der Waals surface area contributed by atoms with E-state index in [0.29, 0.717) is 23.0 Å². The van der Waals surface area contributed by atoms with Crippen LogP contribution in [0.1, 0.15) is 58.8 Å². The van der Waals surface area contributed by atoms with Crippen molar-refractivity contribution in [3.63, 3.8) is 0 Å². The molecule has 26 heavy (non-hydrogen) atoms. The highest BCUT2D eigenvalue weighted by Gasteiger charge is 2.77. The van der Waals surface area contributed by atoms with E-state index in [0.717, 1.165) is 49.0 Å². The molecule has 0 radical (unpaired) electrons. The number of ketones is 1. The SMILES string of the molecule is CCC12CCC3C4CCC(=O)C=C4[C@@H](C)CC3C1[C@@H]1C[C@@H]1[C@@]21C=CCO1. The normalized spacial score (nSPS) is 56.6. The van der Waals surface area contributed by atoms with Gasteiger partial charge in [-0.05, 0) is 86.0 Å². The molecule has 2 nitrogen and oxygen atoms in total. The van der Waals surface area contributed by atoms with Crippen molar-refractivity contribution in [1.82, 2.24) is 0 Å². The van der Waals surface area contributed by atoms with Crippen LogP contribution in [0.25, 0.3) is 0 Å². The molecule has 0 N–H and O–H groups in total. The summed E-state index contributed by atoms with van der Waals surface area (Å²) < 4.78 is 6.58. The number of hydrogen-bond acceptors (Lipinski definition) is 2. The predicted octanol–water partition coefficient (Wildman–Crippen LogP) is 4.95. The second-order valence-corrected chi connectivity index (χ2v) is 10.3. The molecule has 0 bridgehead atoms. The topological polar surface area (TPSA) is 26.3 Å². The summed E-state index contributed by atoms with van der Waals surface area (Å²) in [5.74, 6) is 5.95. The van der Waals surface area contributed by atoms with Crippen molar-refractivity contribution in [2.45, 2.75) is 64.4 Å². The van der Waals surface area contributed by atoms with E-state index in [1.54, 1.807) is 0 Å². The van der Waals surface area contributed by atoms with Crippen LogP contribution in [0.5, 0.6) is 0 Å². The Kier molecular flexibility index (Phi) is 3.18. The third-order valence-electron chi connectivity index (χ3n) is 9.79. The van der Waals surface area contributed by atoms with Crippen LogP contribution in [0.3, 0.4) is 0 Å². The molecule has 1 aliphatic heterocycles. The molecule has 5 aliphatic carbocycles. The smallest absolute Gasteiger partial charge is 0.155 e. The van der Waals surface area contributed by atoms with Crippen LogP contribution in [-0.4, -0.2) is 18.0 Å². The number of carbonyl (C=O) groups is 1. The molecule has 0 aromatic heterocycles. The van der Waals surface area contributed by atoms with Gasteiger partial charge in [0.05, 0.1) is 12.2 Å². The quantitative estimate of drug-likeness (QED) is 0.625. The van der Waals surface area contributed by atoms with Gasteiger partial charge >= 0.3 is 0 Å². The van der Waals surface area contributed by atoms with Crippen molar-refractivity contribution in [3.05, 3.63) is 23.8 Å². The highest BCUT2D eigenvalue weighted by Crippen LogP contribution is 2.78. The van der Waals surface area contributed by atoms with Crippen molar-refractivity contribution in [2.75, 3.05) is 6.61 Å². The van der Waals surface area contributed by atoms with Gasteiger partial charge in [0.25, 0.3) is 0 Å². The van der Waals surface area contributed by atoms with Crippen LogP contribution in [0.2, 0.25) is 0 Å². The molecule has 5 unspecified atom stereocenters. The molecule has 1 spiro atoms. The first-order valence-electron chi connectivity index (χ1n) is 11.2. The average molecular weight is 353 g/mol. The van der Waals surface area contributed by atoms with E-state index in [4.69, 9.17) is 4.74 Å². The van der Waals surface area contributed by atoms with Crippen molar-refractivity contribution in [2.24, 2.45) is 46.8 Å². The zero-order valence-corrected chi connectivity index (χ0v) is 16.2. The summed E-state index contributed by atoms with van der Waals surface area (Å²) in [5.41, 5.74) is 1.98. The molecule has 4 saturated carbocycles. The van der Waals surface area contributed by atoms with E-state index in [2.05, 4.69) is 32.1 Å². The lowest BCUT2D eigenvalue weighted by Gasteiger charge is -2.59. The average Bonchev–Trinajstić information content (AvgIpc) is 3.21. The number of allylic oxidation sites excluding steroid dienone is 1. The van der Waals surface area contributed by atoms with Gasteiger partial charge in [0.2, 0.25) is 0 Å². The Balaban J connectivity index is 1.42. The first kappa shape index (κ1) is 16.1. The Labute approximate surface area is 157 Å². The zero-order valence-electron chi connectivity index (χ0n) is 16.2. The number of fused-ring (bicyclic) bond motifs is 9. The van der Waals surface area contributed by atoms with Crippen molar-refractivity contribution >= 4 is 5.78 Å². The molecule has 1 heterocycles. The molecule has 0 amide bonds. The molecule has 0 saturated heterocycles. The standard InChI is InChI=1S/C24H32O2/c1-3-23-9-7-17-16-6-5-15(25)12-18(16)14(2)11-19(17)22(23)20-13-21(20)24(23)8-4-10-26-24/h4,8,12,14,16-17,19-22H,3,5-7,9-11,13H2,1-2H3/t14-,16?,17?,19?,20+,21-,22?,23?,24-/m0/s1. The first-order valence-corrected chi connectivity index (χ1v) is 11.2. The lowest BCUT2D eigenvalue weighted by Crippen LogP contribution is -2.56. The summed E-state index contributed by atoms with van der Waals surface area (Å²) in [6, 6.07) is 0. The maximum Gasteiger partial charge on any atom is 0.155 e. The fraction of sp³-hybridized carbons (Fsp3) is 0.792. The molecule has 140 valence electrons. The lowest BCUT2D eigenvalue weighted by molar-refractivity contribution is -0.145. The Bertz CT molecular complexity index is 720. The van der Waals surface area contributed by atoms with E-state index in [1.165, 1.54) is 37.7 Å². The molecular formula is C24H32O2. The molecule has 2 heteroatoms. The molecular weight excluding hydrogens is 320 g/mol. The van der Waals surface area contributed by atoms with Crippen LogP contribution in [0.15, 0.2) is 23.8 Å². The second-order valence-electron chi connectivity index (χ2n) is 10.3. The van der Waals surface area contributed by atoms with Gasteiger partial charge in [-0.3, -0.25) is 4.79 Å². The predicted molar refractivity (Wildman–Crippen MR) is 101 cm³/mol. The van der Waals surface area contributed by atoms with Crippen LogP contribution >= 0.6 is 0 Å². The van der Waals surface area contributed by atoms with E-state index in [1.807, 2.05) is 0 Å². The number of carbonyl (C=O) groups excluding carboxylic acids is 1. The molecule has 6 aliphatic rings. The van der Waals surface area contributed by atoms with Crippen LogP contribution in [-0.2, 0) is 9.53 Å². The van der Waals surface area contributed by atoms with E-state index in [9.17, 15) is 4.79 Å². The third-order valence-corrected chi connectivity index (χ3v) is 9.79. The first-order chi connectivity index (χ1) is 12.6. The minimum absolute atomic E-state index is 0.0734. The highest BCUT2D eigenvalue weighted by atomic mass is 16.5. The van der Waals surface area contributed by atoms with Crippen LogP contribution < -0.4 is 0 Å². The van der Waals surface area contributed by atoms with Gasteiger partial charge < -0.3 is 4.74 Å². The maximum atomic E-state index is 12.0. The van der Waals surface area contributed by atoms with Crippen molar-refractivity contribution in [3.8, 4) is 0 Å². The fourth-order valence-corrected chi connectivity index (χ4v) is 8.99. The number of rotatable bonds is 1. The van der Waals surface area contributed by atoms with Crippen molar-refractivity contribution in [1.29, 1.82) is 0 Å². The Morgan fingerprint density at radius 3 is 2.85 bits per heavy atom. The maximum absolute atomic E-state index is 12.0. The van der Waals surface area contributed by atoms with Gasteiger partial charge in [0.15, 0.2) is 5.78 Å². The van der Waals surface area contributed by atoms with Gasteiger partial charge in [0, 0.05) is 11.8 Å². The molecule has 0 aromatic rings. The summed E-state index contributed by atoms with van der Waals surface area (Å²) in [4.78, 5) is 12.0. The number of ether oxygens (including phenoxy) is 1. The molecule has 4 fully saturated rings. The second kappa shape index (κ2) is 5.13. The van der Waals surface area contributed by atoms with Gasteiger partial charge in [0.1, 0.15) is 0 Å². The van der Waals surface area contributed by atoms with Crippen LogP contribution in [0, 0.1) is 46.8 Å². The molecule has 0 aromatic carbocycles. The van der Waals surface area contributed by atoms with Gasteiger partial charge in [-0.2, -0.15) is 0 Å². The fourth-order valence-electron chi connectivity index (χ4n) is 8.99. The van der Waals surface area contributed by atoms with Gasteiger partial charge in [-0.25, -0.2) is 0 Å². The summed E-state index contributed by atoms with van der Waals surface area (Å²) in [5, 5.41) is 0. The summed E-state index contributed by atoms with van der Waals surface area (Å²) in [6.45, 7) is 5.67. The molecule has 6 rings (SSSR count). The van der Waals surface area contributed by atoms with Gasteiger partial charge in [-0.15, -0.1) is 0 Å². The zero-order chi connectivity index (χ0) is 17.7. The van der Waals surface area contributed by atoms with E-state index < -0.39 is 0 Å². The summed E-state index contributed by atoms with van der Waals surface area (Å²) in [7, 11) is 0. The lowest BCUT2D eigenvalue weighted by atomic mass is 9.47. The van der Waals surface area contributed by atoms with Crippen LogP contribution in [0.4, 0.5) is 0 Å². The monoisotopic (exact) mass is 352 g/mol. The summed E-state index contributed by atoms with van der Waals surface area (Å²) >= 11 is 0. The Morgan fingerprint density at radius 1 is 1.19 bits per heavy atom. The Hall–Kier alpha value is -0.890. The van der Waals surface area contributed by atoms with E-state index in [-0.39, 0.29) is 5.60 Å². The van der Waals surface area contributed by atoms with Gasteiger partial charge in [-0.1, -0.05) is 31.6 Å². The molecule has 9 atom stereocenters. The largest absolute Gasteiger partial charge is 0.366 e. The van der Waals surface area contributed by atoms with Crippen molar-refractivity contribution < 1.29 is 9.53 Å². The number of hydrogen-bond donors (Lipinski definition) is 0. The minimum atomic E-state index is 0.0734. The summed E-state index contributed by atoms with van der Waals surface area (Å²) in [6.07, 6.45) is 15.5. The Morgan fingerprint density at radius 2 is 2.08 bits per heavy atom. The highest BCUT2D eigenvalue weighted by molar-refractivity contribution is 5.91. The third kappa shape index (κ3) is 1.72. The minimum Gasteiger partial charge on any atom is -0.366 e. The van der Waals surface area contributed by atoms with E-state index >= 15 is 0 Å².